The highest BCUT2D eigenvalue weighted by Crippen LogP contribution is 2.24. The highest BCUT2D eigenvalue weighted by Gasteiger charge is 2.12. The van der Waals surface area contributed by atoms with Crippen LogP contribution in [0.1, 0.15) is 26.3 Å². The summed E-state index contributed by atoms with van der Waals surface area (Å²) in [5, 5.41) is 1.03. The standard InChI is InChI=1S/C15H20N2O2/c1-15(2,3)19-9-11-7-10-5-6-12(18-4)8-13(10)17-14(11)16/h5-8H,9H2,1-4H3,(H2,16,17). The first-order chi connectivity index (χ1) is 8.89. The Balaban J connectivity index is 2.34. The number of nitrogen functional groups attached to an aromatic ring is 1. The fraction of sp³-hybridized carbons (Fsp3) is 0.400. The van der Waals surface area contributed by atoms with Crippen LogP contribution in [0.15, 0.2) is 24.3 Å². The summed E-state index contributed by atoms with van der Waals surface area (Å²) in [5.41, 5.74) is 7.52. The van der Waals surface area contributed by atoms with Crippen LogP contribution in [0.3, 0.4) is 0 Å². The number of hydrogen-bond acceptors (Lipinski definition) is 4. The van der Waals surface area contributed by atoms with E-state index in [1.54, 1.807) is 7.11 Å². The van der Waals surface area contributed by atoms with Crippen molar-refractivity contribution in [3.63, 3.8) is 0 Å². The number of anilines is 1. The minimum atomic E-state index is -0.193. The molecule has 2 rings (SSSR count). The van der Waals surface area contributed by atoms with Gasteiger partial charge in [-0.3, -0.25) is 0 Å². The normalized spacial score (nSPS) is 11.8. The van der Waals surface area contributed by atoms with Gasteiger partial charge in [0.15, 0.2) is 0 Å². The van der Waals surface area contributed by atoms with E-state index in [1.807, 2.05) is 45.0 Å². The maximum Gasteiger partial charge on any atom is 0.129 e. The molecule has 2 N–H and O–H groups in total. The third-order valence-electron chi connectivity index (χ3n) is 2.80. The lowest BCUT2D eigenvalue weighted by molar-refractivity contribution is -0.0147. The number of ether oxygens (including phenoxy) is 2. The van der Waals surface area contributed by atoms with Crippen molar-refractivity contribution in [2.24, 2.45) is 0 Å². The molecule has 0 bridgehead atoms. The Hall–Kier alpha value is -1.81. The van der Waals surface area contributed by atoms with E-state index in [4.69, 9.17) is 15.2 Å². The molecule has 0 aliphatic heterocycles. The molecular formula is C15H20N2O2. The number of aromatic nitrogens is 1. The number of hydrogen-bond donors (Lipinski definition) is 1. The number of nitrogens with zero attached hydrogens (tertiary/aromatic N) is 1. The SMILES string of the molecule is COc1ccc2cc(COC(C)(C)C)c(N)nc2c1. The van der Waals surface area contributed by atoms with Crippen LogP contribution in [0, 0.1) is 0 Å². The molecule has 1 aromatic heterocycles. The highest BCUT2D eigenvalue weighted by molar-refractivity contribution is 5.82. The molecule has 4 heteroatoms. The molecule has 0 atom stereocenters. The second-order valence-corrected chi connectivity index (χ2v) is 5.49. The van der Waals surface area contributed by atoms with Crippen LogP contribution in [0.5, 0.6) is 5.75 Å². The third-order valence-corrected chi connectivity index (χ3v) is 2.80. The summed E-state index contributed by atoms with van der Waals surface area (Å²) < 4.78 is 10.9. The van der Waals surface area contributed by atoms with E-state index in [9.17, 15) is 0 Å². The molecule has 0 spiro atoms. The lowest BCUT2D eigenvalue weighted by atomic mass is 10.1. The first kappa shape index (κ1) is 13.6. The van der Waals surface area contributed by atoms with Crippen LogP contribution < -0.4 is 10.5 Å². The van der Waals surface area contributed by atoms with Gasteiger partial charge in [0, 0.05) is 17.0 Å². The van der Waals surface area contributed by atoms with Gasteiger partial charge in [-0.1, -0.05) is 0 Å². The molecule has 0 aliphatic carbocycles. The van der Waals surface area contributed by atoms with Crippen LogP contribution in [-0.4, -0.2) is 17.7 Å². The fourth-order valence-electron chi connectivity index (χ4n) is 1.74. The van der Waals surface area contributed by atoms with Gasteiger partial charge < -0.3 is 15.2 Å². The number of pyridine rings is 1. The Morgan fingerprint density at radius 3 is 2.58 bits per heavy atom. The summed E-state index contributed by atoms with van der Waals surface area (Å²) in [4.78, 5) is 4.40. The number of fused-ring (bicyclic) bond motifs is 1. The molecule has 0 radical (unpaired) electrons. The molecule has 0 amide bonds. The van der Waals surface area contributed by atoms with Gasteiger partial charge in [0.05, 0.1) is 24.8 Å². The molecule has 0 saturated heterocycles. The van der Waals surface area contributed by atoms with Crippen molar-refractivity contribution in [2.45, 2.75) is 33.0 Å². The summed E-state index contributed by atoms with van der Waals surface area (Å²) in [6, 6.07) is 7.78. The maximum atomic E-state index is 5.98. The molecule has 4 nitrogen and oxygen atoms in total. The van der Waals surface area contributed by atoms with Crippen molar-refractivity contribution in [1.29, 1.82) is 0 Å². The summed E-state index contributed by atoms with van der Waals surface area (Å²) >= 11 is 0. The van der Waals surface area contributed by atoms with Crippen molar-refractivity contribution in [3.8, 4) is 5.75 Å². The Bertz CT molecular complexity index is 588. The second kappa shape index (κ2) is 5.05. The Kier molecular flexibility index (Phi) is 3.62. The number of nitrogens with two attached hydrogens (primary N) is 1. The third kappa shape index (κ3) is 3.35. The van der Waals surface area contributed by atoms with Crippen LogP contribution in [-0.2, 0) is 11.3 Å². The number of methoxy groups -OCH3 is 1. The topological polar surface area (TPSA) is 57.4 Å². The fourth-order valence-corrected chi connectivity index (χ4v) is 1.74. The summed E-state index contributed by atoms with van der Waals surface area (Å²) in [7, 11) is 1.63. The predicted octanol–water partition coefficient (Wildman–Crippen LogP) is 3.14. The molecule has 1 aromatic carbocycles. The van der Waals surface area contributed by atoms with Gasteiger partial charge in [0.25, 0.3) is 0 Å². The van der Waals surface area contributed by atoms with Crippen molar-refractivity contribution in [2.75, 3.05) is 12.8 Å². The average Bonchev–Trinajstić information content (AvgIpc) is 2.34. The molecule has 19 heavy (non-hydrogen) atoms. The van der Waals surface area contributed by atoms with Gasteiger partial charge in [-0.15, -0.1) is 0 Å². The molecular weight excluding hydrogens is 240 g/mol. The van der Waals surface area contributed by atoms with Crippen LogP contribution in [0.4, 0.5) is 5.82 Å². The lowest BCUT2D eigenvalue weighted by Crippen LogP contribution is -2.19. The molecule has 102 valence electrons. The van der Waals surface area contributed by atoms with Gasteiger partial charge in [0.2, 0.25) is 0 Å². The number of rotatable bonds is 3. The van der Waals surface area contributed by atoms with Crippen molar-refractivity contribution in [1.82, 2.24) is 4.98 Å². The molecule has 0 unspecified atom stereocenters. The second-order valence-electron chi connectivity index (χ2n) is 5.49. The van der Waals surface area contributed by atoms with E-state index < -0.39 is 0 Å². The van der Waals surface area contributed by atoms with E-state index in [-0.39, 0.29) is 5.60 Å². The monoisotopic (exact) mass is 260 g/mol. The van der Waals surface area contributed by atoms with Crippen molar-refractivity contribution >= 4 is 16.7 Å². The van der Waals surface area contributed by atoms with Crippen molar-refractivity contribution in [3.05, 3.63) is 29.8 Å². The minimum Gasteiger partial charge on any atom is -0.497 e. The smallest absolute Gasteiger partial charge is 0.129 e. The maximum absolute atomic E-state index is 5.98. The quantitative estimate of drug-likeness (QED) is 0.921. The predicted molar refractivity (Wildman–Crippen MR) is 77.2 cm³/mol. The molecule has 0 aliphatic rings. The average molecular weight is 260 g/mol. The molecule has 1 heterocycles. The van der Waals surface area contributed by atoms with E-state index >= 15 is 0 Å². The lowest BCUT2D eigenvalue weighted by Gasteiger charge is -2.20. The number of benzene rings is 1. The van der Waals surface area contributed by atoms with E-state index in [0.717, 1.165) is 22.2 Å². The van der Waals surface area contributed by atoms with Crippen molar-refractivity contribution < 1.29 is 9.47 Å². The van der Waals surface area contributed by atoms with Gasteiger partial charge in [-0.2, -0.15) is 0 Å². The Morgan fingerprint density at radius 2 is 1.95 bits per heavy atom. The van der Waals surface area contributed by atoms with Crippen LogP contribution >= 0.6 is 0 Å². The Labute approximate surface area is 113 Å². The zero-order valence-corrected chi connectivity index (χ0v) is 11.9. The minimum absolute atomic E-state index is 0.193. The van der Waals surface area contributed by atoms with E-state index in [1.165, 1.54) is 0 Å². The molecule has 2 aromatic rings. The first-order valence-corrected chi connectivity index (χ1v) is 6.26. The van der Waals surface area contributed by atoms with Gasteiger partial charge in [-0.05, 0) is 39.0 Å². The summed E-state index contributed by atoms with van der Waals surface area (Å²) in [6.45, 7) is 6.51. The zero-order chi connectivity index (χ0) is 14.0. The van der Waals surface area contributed by atoms with E-state index in [0.29, 0.717) is 12.4 Å². The zero-order valence-electron chi connectivity index (χ0n) is 11.9. The van der Waals surface area contributed by atoms with Crippen LogP contribution in [0.25, 0.3) is 10.9 Å². The first-order valence-electron chi connectivity index (χ1n) is 6.26. The van der Waals surface area contributed by atoms with Gasteiger partial charge >= 0.3 is 0 Å². The Morgan fingerprint density at radius 1 is 1.21 bits per heavy atom. The van der Waals surface area contributed by atoms with Gasteiger partial charge in [-0.25, -0.2) is 4.98 Å². The largest absolute Gasteiger partial charge is 0.497 e. The highest BCUT2D eigenvalue weighted by atomic mass is 16.5. The van der Waals surface area contributed by atoms with Crippen LogP contribution in [0.2, 0.25) is 0 Å². The van der Waals surface area contributed by atoms with Gasteiger partial charge in [0.1, 0.15) is 11.6 Å². The molecule has 0 saturated carbocycles. The summed E-state index contributed by atoms with van der Waals surface area (Å²) in [5.74, 6) is 1.28. The molecule has 0 fully saturated rings. The van der Waals surface area contributed by atoms with E-state index in [2.05, 4.69) is 4.98 Å². The summed E-state index contributed by atoms with van der Waals surface area (Å²) in [6.07, 6.45) is 0.